The van der Waals surface area contributed by atoms with E-state index < -0.39 is 16.1 Å². The Morgan fingerprint density at radius 1 is 1.30 bits per heavy atom. The number of hydrazone groups is 1. The third-order valence-electron chi connectivity index (χ3n) is 2.41. The molecular weight excluding hydrogens is 348 g/mol. The van der Waals surface area contributed by atoms with Crippen LogP contribution in [0.5, 0.6) is 0 Å². The number of nitrogens with two attached hydrogens (primary N) is 1. The summed E-state index contributed by atoms with van der Waals surface area (Å²) in [5.41, 5.74) is 5.45. The highest BCUT2D eigenvalue weighted by Crippen LogP contribution is 2.22. The minimum Gasteiger partial charge on any atom is -0.382 e. The van der Waals surface area contributed by atoms with Crippen molar-refractivity contribution in [3.8, 4) is 0 Å². The van der Waals surface area contributed by atoms with Crippen molar-refractivity contribution < 1.29 is 13.2 Å². The van der Waals surface area contributed by atoms with E-state index >= 15 is 0 Å². The smallest absolute Gasteiger partial charge is 0.316 e. The molecule has 1 heterocycles. The molecule has 0 spiro atoms. The van der Waals surface area contributed by atoms with Gasteiger partial charge in [-0.1, -0.05) is 11.6 Å². The van der Waals surface area contributed by atoms with Crippen LogP contribution in [0.1, 0.15) is 10.5 Å². The van der Waals surface area contributed by atoms with E-state index in [0.29, 0.717) is 5.82 Å². The van der Waals surface area contributed by atoms with Crippen LogP contribution in [0.25, 0.3) is 0 Å². The summed E-state index contributed by atoms with van der Waals surface area (Å²) in [5.74, 6) is -0.555. The fraction of sp³-hybridized carbons (Fsp3) is 0.400. The normalized spacial score (nSPS) is 11.7. The first-order valence-electron chi connectivity index (χ1n) is 6.08. The molecule has 0 aliphatic heterocycles. The Hall–Kier alpha value is -2.18. The summed E-state index contributed by atoms with van der Waals surface area (Å²) in [6.07, 6.45) is 0.846. The number of halogens is 1. The number of nitrogens with one attached hydrogen (secondary N) is 2. The Kier molecular flexibility index (Phi) is 6.06. The molecule has 0 fully saturated rings. The Balaban J connectivity index is 2.82. The van der Waals surface area contributed by atoms with Gasteiger partial charge in [-0.05, 0) is 0 Å². The average Bonchev–Trinajstić information content (AvgIpc) is 2.44. The minimum atomic E-state index is -3.74. The molecule has 1 rings (SSSR count). The van der Waals surface area contributed by atoms with E-state index in [2.05, 4.69) is 20.4 Å². The van der Waals surface area contributed by atoms with Gasteiger partial charge >= 0.3 is 10.2 Å². The molecule has 0 unspecified atom stereocenters. The molecule has 0 aromatic carbocycles. The van der Waals surface area contributed by atoms with Crippen molar-refractivity contribution >= 4 is 45.7 Å². The first kappa shape index (κ1) is 18.9. The number of rotatable bonds is 6. The van der Waals surface area contributed by atoms with Crippen molar-refractivity contribution in [1.82, 2.24) is 24.4 Å². The van der Waals surface area contributed by atoms with Gasteiger partial charge in [0.2, 0.25) is 0 Å². The maximum atomic E-state index is 11.9. The summed E-state index contributed by atoms with van der Waals surface area (Å²) >= 11 is 5.91. The maximum Gasteiger partial charge on any atom is 0.316 e. The molecule has 0 saturated carbocycles. The minimum absolute atomic E-state index is 0.000371. The van der Waals surface area contributed by atoms with Crippen LogP contribution in [0.3, 0.4) is 0 Å². The van der Waals surface area contributed by atoms with E-state index in [1.54, 1.807) is 19.0 Å². The summed E-state index contributed by atoms with van der Waals surface area (Å²) in [5, 5.41) is 5.56. The molecule has 0 aliphatic carbocycles. The van der Waals surface area contributed by atoms with E-state index in [4.69, 9.17) is 17.3 Å². The van der Waals surface area contributed by atoms with Crippen molar-refractivity contribution in [3.63, 3.8) is 0 Å². The fourth-order valence-corrected chi connectivity index (χ4v) is 1.85. The number of hydrogen-bond donors (Lipinski definition) is 3. The van der Waals surface area contributed by atoms with Crippen LogP contribution in [0, 0.1) is 0 Å². The first-order chi connectivity index (χ1) is 10.6. The standard InChI is InChI=1S/C10H17ClN8O3S/c1-18(2)9-7(11)15-6(8(12)16-9)10(20)13-5-14-17-23(21,22)19(3)4/h5,17H,1-4H3,(H2,12,16)(H,13,14,20). The largest absolute Gasteiger partial charge is 0.382 e. The number of anilines is 2. The van der Waals surface area contributed by atoms with Crippen molar-refractivity contribution in [2.75, 3.05) is 38.8 Å². The lowest BCUT2D eigenvalue weighted by Gasteiger charge is -2.14. The van der Waals surface area contributed by atoms with Crippen molar-refractivity contribution in [3.05, 3.63) is 10.8 Å². The molecule has 1 aromatic heterocycles. The number of carbonyl (C=O) groups excluding carboxylic acids is 1. The monoisotopic (exact) mass is 364 g/mol. The molecule has 0 aliphatic rings. The summed E-state index contributed by atoms with van der Waals surface area (Å²) in [4.78, 5) is 23.2. The number of nitrogens with zero attached hydrogens (tertiary/aromatic N) is 5. The van der Waals surface area contributed by atoms with E-state index in [9.17, 15) is 13.2 Å². The molecule has 0 bridgehead atoms. The Labute approximate surface area is 138 Å². The van der Waals surface area contributed by atoms with Gasteiger partial charge in [0.25, 0.3) is 5.91 Å². The van der Waals surface area contributed by atoms with Gasteiger partial charge in [-0.25, -0.2) is 9.97 Å². The van der Waals surface area contributed by atoms with E-state index in [0.717, 1.165) is 10.6 Å². The van der Waals surface area contributed by atoms with Crippen LogP contribution < -0.4 is 20.8 Å². The Bertz CT molecular complexity index is 719. The van der Waals surface area contributed by atoms with Crippen molar-refractivity contribution in [2.45, 2.75) is 0 Å². The highest BCUT2D eigenvalue weighted by atomic mass is 35.5. The van der Waals surface area contributed by atoms with Crippen LogP contribution in [0.15, 0.2) is 5.10 Å². The number of nitrogen functional groups attached to an aromatic ring is 1. The molecule has 1 aromatic rings. The van der Waals surface area contributed by atoms with Gasteiger partial charge in [0.1, 0.15) is 6.34 Å². The second kappa shape index (κ2) is 7.39. The van der Waals surface area contributed by atoms with Gasteiger partial charge in [0.05, 0.1) is 0 Å². The summed E-state index contributed by atoms with van der Waals surface area (Å²) < 4.78 is 23.7. The molecule has 0 atom stereocenters. The Morgan fingerprint density at radius 2 is 1.91 bits per heavy atom. The SMILES string of the molecule is CN(C)c1nc(N)c(C(=O)NC=NNS(=O)(=O)N(C)C)nc1Cl. The number of hydrogen-bond acceptors (Lipinski definition) is 8. The van der Waals surface area contributed by atoms with Gasteiger partial charge in [0, 0.05) is 28.2 Å². The molecule has 23 heavy (non-hydrogen) atoms. The van der Waals surface area contributed by atoms with Gasteiger partial charge in [-0.3, -0.25) is 4.79 Å². The van der Waals surface area contributed by atoms with E-state index in [1.807, 2.05) is 4.83 Å². The molecule has 1 amide bonds. The molecule has 13 heteroatoms. The summed E-state index contributed by atoms with van der Waals surface area (Å²) in [6.45, 7) is 0. The third-order valence-corrected chi connectivity index (χ3v) is 3.96. The summed E-state index contributed by atoms with van der Waals surface area (Å²) in [6, 6.07) is 0. The van der Waals surface area contributed by atoms with E-state index in [1.165, 1.54) is 14.1 Å². The number of carbonyl (C=O) groups is 1. The lowest BCUT2D eigenvalue weighted by atomic mass is 10.4. The highest BCUT2D eigenvalue weighted by molar-refractivity contribution is 7.87. The fourth-order valence-electron chi connectivity index (χ4n) is 1.20. The van der Waals surface area contributed by atoms with Gasteiger partial charge in [0.15, 0.2) is 22.5 Å². The molecule has 4 N–H and O–H groups in total. The molecule has 11 nitrogen and oxygen atoms in total. The van der Waals surface area contributed by atoms with Crippen LogP contribution >= 0.6 is 11.6 Å². The van der Waals surface area contributed by atoms with Crippen LogP contribution in [0.2, 0.25) is 5.15 Å². The van der Waals surface area contributed by atoms with Gasteiger partial charge in [-0.15, -0.1) is 0 Å². The molecular formula is C10H17ClN8O3S. The second-order valence-corrected chi connectivity index (χ2v) is 6.80. The van der Waals surface area contributed by atoms with E-state index in [-0.39, 0.29) is 16.7 Å². The first-order valence-corrected chi connectivity index (χ1v) is 7.90. The predicted octanol–water partition coefficient (Wildman–Crippen LogP) is -1.15. The highest BCUT2D eigenvalue weighted by Gasteiger charge is 2.17. The topological polar surface area (TPSA) is 146 Å². The van der Waals surface area contributed by atoms with Gasteiger partial charge in [-0.2, -0.15) is 22.7 Å². The zero-order chi connectivity index (χ0) is 17.8. The van der Waals surface area contributed by atoms with Gasteiger partial charge < -0.3 is 16.0 Å². The second-order valence-electron chi connectivity index (χ2n) is 4.58. The zero-order valence-electron chi connectivity index (χ0n) is 12.9. The lowest BCUT2D eigenvalue weighted by Crippen LogP contribution is -2.33. The maximum absolute atomic E-state index is 11.9. The lowest BCUT2D eigenvalue weighted by molar-refractivity contribution is 0.0974. The van der Waals surface area contributed by atoms with Crippen molar-refractivity contribution in [2.24, 2.45) is 5.10 Å². The Morgan fingerprint density at radius 3 is 2.43 bits per heavy atom. The number of amides is 1. The molecule has 128 valence electrons. The number of aromatic nitrogens is 2. The van der Waals surface area contributed by atoms with Crippen molar-refractivity contribution in [1.29, 1.82) is 0 Å². The van der Waals surface area contributed by atoms with Crippen LogP contribution in [-0.4, -0.2) is 63.1 Å². The quantitative estimate of drug-likeness (QED) is 0.328. The molecule has 0 radical (unpaired) electrons. The van der Waals surface area contributed by atoms with Crippen LogP contribution in [-0.2, 0) is 10.2 Å². The predicted molar refractivity (Wildman–Crippen MR) is 87.5 cm³/mol. The zero-order valence-corrected chi connectivity index (χ0v) is 14.5. The third kappa shape index (κ3) is 4.91. The van der Waals surface area contributed by atoms with Crippen LogP contribution in [0.4, 0.5) is 11.6 Å². The average molecular weight is 365 g/mol. The summed E-state index contributed by atoms with van der Waals surface area (Å²) in [7, 11) is 2.29. The molecule has 0 saturated heterocycles.